The number of thiocarbonyl (C=S) groups is 1. The van der Waals surface area contributed by atoms with Crippen molar-refractivity contribution in [3.05, 3.63) is 48.0 Å². The molecule has 0 radical (unpaired) electrons. The van der Waals surface area contributed by atoms with Crippen LogP contribution in [0.15, 0.2) is 42.5 Å². The molecule has 23 heavy (non-hydrogen) atoms. The number of benzene rings is 1. The molecule has 1 fully saturated rings. The summed E-state index contributed by atoms with van der Waals surface area (Å²) in [7, 11) is 0. The summed E-state index contributed by atoms with van der Waals surface area (Å²) in [5.74, 6) is -0.379. The van der Waals surface area contributed by atoms with E-state index in [1.807, 2.05) is 44.2 Å². The maximum Gasteiger partial charge on any atom is 0.344 e. The van der Waals surface area contributed by atoms with E-state index in [-0.39, 0.29) is 11.0 Å². The number of rotatable bonds is 5. The minimum absolute atomic E-state index is 0.191. The Morgan fingerprint density at radius 2 is 2.00 bits per heavy atom. The molecule has 7 heteroatoms. The minimum atomic E-state index is -1.07. The lowest BCUT2D eigenvalue weighted by molar-refractivity contribution is -0.133. The molecule has 0 aromatic heterocycles. The number of carbonyl (C=O) groups excluding carboxylic acids is 2. The van der Waals surface area contributed by atoms with Crippen molar-refractivity contribution < 1.29 is 9.59 Å². The maximum atomic E-state index is 12.8. The molecule has 0 bridgehead atoms. The third kappa shape index (κ3) is 3.34. The number of hydrogen-bond acceptors (Lipinski definition) is 3. The van der Waals surface area contributed by atoms with Gasteiger partial charge in [0.1, 0.15) is 5.54 Å². The molecule has 0 spiro atoms. The van der Waals surface area contributed by atoms with E-state index in [2.05, 4.69) is 22.6 Å². The van der Waals surface area contributed by atoms with Crippen molar-refractivity contribution in [1.82, 2.24) is 21.1 Å². The first-order valence-electron chi connectivity index (χ1n) is 7.32. The summed E-state index contributed by atoms with van der Waals surface area (Å²) in [5.41, 5.74) is 3.20. The average Bonchev–Trinajstić information content (AvgIpc) is 2.79. The molecule has 1 aliphatic rings. The highest BCUT2D eigenvalue weighted by Gasteiger charge is 2.51. The Bertz CT molecular complexity index is 647. The molecule has 122 valence electrons. The van der Waals surface area contributed by atoms with E-state index in [9.17, 15) is 9.59 Å². The maximum absolute atomic E-state index is 12.8. The lowest BCUT2D eigenvalue weighted by atomic mass is 9.87. The van der Waals surface area contributed by atoms with Crippen LogP contribution in [0.4, 0.5) is 4.79 Å². The van der Waals surface area contributed by atoms with E-state index in [0.29, 0.717) is 13.0 Å². The molecule has 1 saturated heterocycles. The highest BCUT2D eigenvalue weighted by molar-refractivity contribution is 7.80. The van der Waals surface area contributed by atoms with Crippen LogP contribution in [0.1, 0.15) is 25.8 Å². The summed E-state index contributed by atoms with van der Waals surface area (Å²) in [4.78, 5) is 25.1. The van der Waals surface area contributed by atoms with Gasteiger partial charge in [0.15, 0.2) is 5.11 Å². The molecular weight excluding hydrogens is 312 g/mol. The molecule has 3 amide bonds. The van der Waals surface area contributed by atoms with Crippen LogP contribution in [0.5, 0.6) is 0 Å². The molecule has 0 unspecified atom stereocenters. The van der Waals surface area contributed by atoms with Crippen LogP contribution in [-0.4, -0.2) is 28.6 Å². The van der Waals surface area contributed by atoms with Gasteiger partial charge in [-0.15, -0.1) is 0 Å². The summed E-state index contributed by atoms with van der Waals surface area (Å²) >= 11 is 5.11. The van der Waals surface area contributed by atoms with Gasteiger partial charge in [-0.2, -0.15) is 5.01 Å². The van der Waals surface area contributed by atoms with Crippen LogP contribution in [0, 0.1) is 0 Å². The van der Waals surface area contributed by atoms with E-state index in [1.165, 1.54) is 0 Å². The SMILES string of the molecule is C=C(C)CNC(=S)NN1C(=O)N[C@@](CC)(c2ccccc2)C1=O. The van der Waals surface area contributed by atoms with Crippen molar-refractivity contribution in [3.63, 3.8) is 0 Å². The van der Waals surface area contributed by atoms with Gasteiger partial charge in [-0.25, -0.2) is 4.79 Å². The van der Waals surface area contributed by atoms with Crippen LogP contribution in [0.3, 0.4) is 0 Å². The largest absolute Gasteiger partial charge is 0.358 e. The second-order valence-electron chi connectivity index (χ2n) is 5.45. The van der Waals surface area contributed by atoms with Crippen molar-refractivity contribution in [2.75, 3.05) is 6.54 Å². The predicted octanol–water partition coefficient (Wildman–Crippen LogP) is 1.80. The summed E-state index contributed by atoms with van der Waals surface area (Å²) in [5, 5.41) is 6.77. The van der Waals surface area contributed by atoms with Crippen LogP contribution >= 0.6 is 12.2 Å². The zero-order chi connectivity index (χ0) is 17.0. The number of urea groups is 1. The Kier molecular flexibility index (Phi) is 5.00. The van der Waals surface area contributed by atoms with Crippen LogP contribution in [-0.2, 0) is 10.3 Å². The average molecular weight is 332 g/mol. The van der Waals surface area contributed by atoms with Gasteiger partial charge in [-0.1, -0.05) is 49.4 Å². The van der Waals surface area contributed by atoms with Crippen molar-refractivity contribution in [2.24, 2.45) is 0 Å². The van der Waals surface area contributed by atoms with E-state index in [4.69, 9.17) is 12.2 Å². The summed E-state index contributed by atoms with van der Waals surface area (Å²) in [6.07, 6.45) is 0.436. The Balaban J connectivity index is 2.19. The quantitative estimate of drug-likeness (QED) is 0.436. The number of nitrogens with zero attached hydrogens (tertiary/aromatic N) is 1. The predicted molar refractivity (Wildman–Crippen MR) is 92.3 cm³/mol. The Labute approximate surface area is 140 Å². The van der Waals surface area contributed by atoms with Gasteiger partial charge in [-0.05, 0) is 31.1 Å². The van der Waals surface area contributed by atoms with Gasteiger partial charge in [-0.3, -0.25) is 10.2 Å². The van der Waals surface area contributed by atoms with Gasteiger partial charge >= 0.3 is 6.03 Å². The Hall–Kier alpha value is -2.41. The number of hydrazine groups is 1. The van der Waals surface area contributed by atoms with Crippen molar-refractivity contribution >= 4 is 29.3 Å². The molecule has 1 atom stereocenters. The standard InChI is InChI=1S/C16H20N4O2S/c1-4-16(12-8-6-5-7-9-12)13(21)20(15(22)18-16)19-14(23)17-10-11(2)3/h5-9H,2,4,10H2,1,3H3,(H,18,22)(H2,17,19,23)/t16-/m0/s1. The number of nitrogens with one attached hydrogen (secondary N) is 3. The summed E-state index contributed by atoms with van der Waals surface area (Å²) < 4.78 is 0. The zero-order valence-corrected chi connectivity index (χ0v) is 14.0. The van der Waals surface area contributed by atoms with Gasteiger partial charge in [0.2, 0.25) is 0 Å². The number of imide groups is 1. The van der Waals surface area contributed by atoms with Crippen LogP contribution in [0.25, 0.3) is 0 Å². The lowest BCUT2D eigenvalue weighted by Crippen LogP contribution is -2.51. The van der Waals surface area contributed by atoms with Crippen molar-refractivity contribution in [3.8, 4) is 0 Å². The van der Waals surface area contributed by atoms with Crippen LogP contribution < -0.4 is 16.1 Å². The Morgan fingerprint density at radius 1 is 1.35 bits per heavy atom. The topological polar surface area (TPSA) is 73.5 Å². The van der Waals surface area contributed by atoms with Gasteiger partial charge < -0.3 is 10.6 Å². The monoisotopic (exact) mass is 332 g/mol. The fourth-order valence-corrected chi connectivity index (χ4v) is 2.57. The second-order valence-corrected chi connectivity index (χ2v) is 5.86. The van der Waals surface area contributed by atoms with E-state index in [1.54, 1.807) is 0 Å². The highest BCUT2D eigenvalue weighted by Crippen LogP contribution is 2.31. The fourth-order valence-electron chi connectivity index (χ4n) is 2.41. The number of carbonyl (C=O) groups is 2. The fraction of sp³-hybridized carbons (Fsp3) is 0.312. The first kappa shape index (κ1) is 17.0. The molecule has 1 aromatic carbocycles. The van der Waals surface area contributed by atoms with Crippen molar-refractivity contribution in [2.45, 2.75) is 25.8 Å². The summed E-state index contributed by atoms with van der Waals surface area (Å²) in [6.45, 7) is 7.92. The molecule has 2 rings (SSSR count). The van der Waals surface area contributed by atoms with Gasteiger partial charge in [0.25, 0.3) is 5.91 Å². The van der Waals surface area contributed by atoms with Gasteiger partial charge in [0.05, 0.1) is 0 Å². The lowest BCUT2D eigenvalue weighted by Gasteiger charge is -2.25. The van der Waals surface area contributed by atoms with E-state index < -0.39 is 11.6 Å². The summed E-state index contributed by atoms with van der Waals surface area (Å²) in [6, 6.07) is 8.65. The third-order valence-electron chi connectivity index (χ3n) is 3.65. The molecule has 6 nitrogen and oxygen atoms in total. The second kappa shape index (κ2) is 6.78. The molecule has 0 aliphatic carbocycles. The molecule has 1 aromatic rings. The van der Waals surface area contributed by atoms with Crippen LogP contribution in [0.2, 0.25) is 0 Å². The van der Waals surface area contributed by atoms with E-state index >= 15 is 0 Å². The molecule has 3 N–H and O–H groups in total. The highest BCUT2D eigenvalue weighted by atomic mass is 32.1. The van der Waals surface area contributed by atoms with Gasteiger partial charge in [0, 0.05) is 6.54 Å². The van der Waals surface area contributed by atoms with Crippen molar-refractivity contribution in [1.29, 1.82) is 0 Å². The van der Waals surface area contributed by atoms with E-state index in [0.717, 1.165) is 16.1 Å². The molecule has 0 saturated carbocycles. The number of amides is 3. The Morgan fingerprint density at radius 3 is 2.57 bits per heavy atom. The molecular formula is C16H20N4O2S. The third-order valence-corrected chi connectivity index (χ3v) is 3.89. The smallest absolute Gasteiger partial charge is 0.344 e. The minimum Gasteiger partial charge on any atom is -0.358 e. The zero-order valence-electron chi connectivity index (χ0n) is 13.2. The molecule has 1 heterocycles. The normalized spacial score (nSPS) is 20.2. The first-order valence-corrected chi connectivity index (χ1v) is 7.72. The first-order chi connectivity index (χ1) is 10.9. The molecule has 1 aliphatic heterocycles. The number of hydrogen-bond donors (Lipinski definition) is 3.